The van der Waals surface area contributed by atoms with E-state index < -0.39 is 0 Å². The van der Waals surface area contributed by atoms with E-state index in [2.05, 4.69) is 60.7 Å². The molecule has 234 valence electrons. The summed E-state index contributed by atoms with van der Waals surface area (Å²) in [6.07, 6.45) is 7.25. The molecule has 1 aliphatic rings. The highest BCUT2D eigenvalue weighted by Crippen LogP contribution is 2.31. The maximum atomic E-state index is 12.9. The number of likely N-dealkylation sites (N-methyl/N-ethyl adjacent to an activating group) is 1. The number of aryl methyl sites for hydroxylation is 2. The summed E-state index contributed by atoms with van der Waals surface area (Å²) >= 11 is 0. The van der Waals surface area contributed by atoms with Crippen molar-refractivity contribution in [2.24, 2.45) is 7.05 Å². The van der Waals surface area contributed by atoms with Crippen molar-refractivity contribution in [3.05, 3.63) is 78.2 Å². The van der Waals surface area contributed by atoms with Crippen LogP contribution < -0.4 is 15.4 Å². The Morgan fingerprint density at radius 1 is 1.09 bits per heavy atom. The first-order valence-electron chi connectivity index (χ1n) is 15.2. The van der Waals surface area contributed by atoms with Crippen LogP contribution in [0.25, 0.3) is 22.2 Å². The van der Waals surface area contributed by atoms with Crippen LogP contribution >= 0.6 is 0 Å². The first-order chi connectivity index (χ1) is 21.9. The molecular formula is C33H39N9O3. The minimum Gasteiger partial charge on any atom is -0.507 e. The number of carbonyl (C=O) groups is 1. The molecule has 0 aliphatic carbocycles. The molecule has 0 radical (unpaired) electrons. The van der Waals surface area contributed by atoms with Gasteiger partial charge in [0.15, 0.2) is 0 Å². The summed E-state index contributed by atoms with van der Waals surface area (Å²) in [6, 6.07) is 15.1. The molecule has 1 fully saturated rings. The lowest BCUT2D eigenvalue weighted by Gasteiger charge is -2.38. The van der Waals surface area contributed by atoms with Gasteiger partial charge < -0.3 is 30.4 Å². The molecule has 0 saturated carbocycles. The molecule has 0 unspecified atom stereocenters. The third-order valence-corrected chi connectivity index (χ3v) is 8.42. The number of ether oxygens (including phenoxy) is 1. The number of aromatic nitrogens is 5. The molecule has 12 nitrogen and oxygen atoms in total. The van der Waals surface area contributed by atoms with Gasteiger partial charge in [0.25, 0.3) is 11.8 Å². The number of phenols is 1. The van der Waals surface area contributed by atoms with Gasteiger partial charge in [0.05, 0.1) is 24.6 Å². The number of benzene rings is 2. The number of piperazine rings is 1. The molecule has 4 N–H and O–H groups in total. The van der Waals surface area contributed by atoms with E-state index in [1.165, 1.54) is 11.6 Å². The monoisotopic (exact) mass is 609 g/mol. The Labute approximate surface area is 262 Å². The highest BCUT2D eigenvalue weighted by molar-refractivity contribution is 5.97. The van der Waals surface area contributed by atoms with Gasteiger partial charge in [-0.25, -0.2) is 9.97 Å². The molecule has 1 saturated heterocycles. The smallest absolute Gasteiger partial charge is 0.256 e. The average molecular weight is 610 g/mol. The summed E-state index contributed by atoms with van der Waals surface area (Å²) in [7, 11) is 5.55. The van der Waals surface area contributed by atoms with Crippen LogP contribution in [0, 0.1) is 0 Å². The predicted octanol–water partition coefficient (Wildman–Crippen LogP) is 3.79. The Balaban J connectivity index is 1.19. The van der Waals surface area contributed by atoms with Crippen LogP contribution in [-0.2, 0) is 13.5 Å². The fourth-order valence-electron chi connectivity index (χ4n) is 5.93. The van der Waals surface area contributed by atoms with Crippen LogP contribution in [0.15, 0.2) is 67.1 Å². The number of para-hydroxylation sites is 2. The molecule has 0 bridgehead atoms. The number of rotatable bonds is 11. The topological polar surface area (TPSA) is 136 Å². The van der Waals surface area contributed by atoms with Gasteiger partial charge in [-0.05, 0) is 43.7 Å². The highest BCUT2D eigenvalue weighted by atomic mass is 16.5. The van der Waals surface area contributed by atoms with Crippen LogP contribution in [-0.4, -0.2) is 98.5 Å². The molecule has 12 heteroatoms. The number of amides is 1. The number of aromatic amines is 1. The van der Waals surface area contributed by atoms with Crippen LogP contribution in [0.1, 0.15) is 22.3 Å². The van der Waals surface area contributed by atoms with Gasteiger partial charge in [0, 0.05) is 74.7 Å². The Kier molecular flexibility index (Phi) is 8.94. The highest BCUT2D eigenvalue weighted by Gasteiger charge is 2.24. The second kappa shape index (κ2) is 13.4. The number of hydrogen-bond donors (Lipinski definition) is 4. The molecule has 0 spiro atoms. The first-order valence-corrected chi connectivity index (χ1v) is 15.2. The van der Waals surface area contributed by atoms with Gasteiger partial charge in [0.2, 0.25) is 5.95 Å². The maximum absolute atomic E-state index is 12.9. The van der Waals surface area contributed by atoms with E-state index in [4.69, 9.17) is 9.72 Å². The zero-order chi connectivity index (χ0) is 31.3. The number of nitrogens with one attached hydrogen (secondary N) is 3. The molecule has 2 aromatic carbocycles. The molecule has 4 heterocycles. The third-order valence-electron chi connectivity index (χ3n) is 8.42. The lowest BCUT2D eigenvalue weighted by atomic mass is 10.00. The van der Waals surface area contributed by atoms with Gasteiger partial charge in [-0.2, -0.15) is 0 Å². The maximum Gasteiger partial charge on any atom is 0.256 e. The number of phenolic OH excluding ortho intramolecular Hbond substituents is 1. The van der Waals surface area contributed by atoms with Gasteiger partial charge in [-0.15, -0.1) is 5.10 Å². The Bertz CT molecular complexity index is 1770. The van der Waals surface area contributed by atoms with E-state index in [0.717, 1.165) is 61.2 Å². The summed E-state index contributed by atoms with van der Waals surface area (Å²) < 4.78 is 7.03. The van der Waals surface area contributed by atoms with Crippen molar-refractivity contribution in [3.8, 4) is 22.9 Å². The normalized spacial score (nSPS) is 14.8. The molecule has 6 rings (SSSR count). The summed E-state index contributed by atoms with van der Waals surface area (Å²) in [5.74, 6) is 0.647. The second-order valence-corrected chi connectivity index (χ2v) is 11.4. The van der Waals surface area contributed by atoms with E-state index in [1.807, 2.05) is 25.5 Å². The predicted molar refractivity (Wildman–Crippen MR) is 174 cm³/mol. The third kappa shape index (κ3) is 6.76. The van der Waals surface area contributed by atoms with Crippen molar-refractivity contribution >= 4 is 28.4 Å². The Hall–Kier alpha value is -4.94. The first kappa shape index (κ1) is 30.1. The van der Waals surface area contributed by atoms with Crippen molar-refractivity contribution < 1.29 is 14.6 Å². The number of anilines is 2. The standard InChI is InChI=1S/C33H39N9O3/c1-40-15-17-42(18-16-40)23(19-36-31(44)25-8-4-5-10-29(25)43)12-11-22-7-6-9-24-26(20-35-30(22)24)27-13-14-34-33(37-27)38-28-21-41(2)39-32(28)45-3/h4-10,13-14,20-21,23,35,43H,11-12,15-19H2,1-3H3,(H,36,44)(H,34,37,38)/t23-/m1/s1. The minimum atomic E-state index is -0.260. The molecule has 1 amide bonds. The van der Waals surface area contributed by atoms with Crippen molar-refractivity contribution in [1.29, 1.82) is 0 Å². The zero-order valence-corrected chi connectivity index (χ0v) is 25.8. The summed E-state index contributed by atoms with van der Waals surface area (Å²) in [6.45, 7) is 4.37. The van der Waals surface area contributed by atoms with E-state index >= 15 is 0 Å². The van der Waals surface area contributed by atoms with Crippen molar-refractivity contribution in [2.75, 3.05) is 52.2 Å². The number of nitrogens with zero attached hydrogens (tertiary/aromatic N) is 6. The van der Waals surface area contributed by atoms with Crippen molar-refractivity contribution in [1.82, 2.24) is 39.8 Å². The van der Waals surface area contributed by atoms with Crippen LogP contribution in [0.2, 0.25) is 0 Å². The average Bonchev–Trinajstić information content (AvgIpc) is 3.65. The van der Waals surface area contributed by atoms with E-state index in [9.17, 15) is 9.90 Å². The van der Waals surface area contributed by atoms with E-state index in [1.54, 1.807) is 36.2 Å². The SMILES string of the molecule is COc1nn(C)cc1Nc1nccc(-c2c[nH]c3c(CC[C@H](CNC(=O)c4ccccc4O)N4CCN(C)CC4)cccc23)n1. The molecule has 5 aromatic rings. The Morgan fingerprint density at radius 3 is 2.71 bits per heavy atom. The lowest BCUT2D eigenvalue weighted by Crippen LogP contribution is -2.52. The fourth-order valence-corrected chi connectivity index (χ4v) is 5.93. The molecule has 3 aromatic heterocycles. The van der Waals surface area contributed by atoms with E-state index in [-0.39, 0.29) is 17.7 Å². The van der Waals surface area contributed by atoms with Gasteiger partial charge >= 0.3 is 0 Å². The van der Waals surface area contributed by atoms with Crippen LogP contribution in [0.4, 0.5) is 11.6 Å². The van der Waals surface area contributed by atoms with Gasteiger partial charge in [0.1, 0.15) is 11.4 Å². The number of carbonyl (C=O) groups excluding carboxylic acids is 1. The molecular weight excluding hydrogens is 570 g/mol. The molecule has 1 aliphatic heterocycles. The van der Waals surface area contributed by atoms with Gasteiger partial charge in [-0.1, -0.05) is 30.3 Å². The molecule has 1 atom stereocenters. The summed E-state index contributed by atoms with van der Waals surface area (Å²) in [4.78, 5) is 30.4. The lowest BCUT2D eigenvalue weighted by molar-refractivity contribution is 0.0872. The number of fused-ring (bicyclic) bond motifs is 1. The summed E-state index contributed by atoms with van der Waals surface area (Å²) in [5.41, 5.74) is 5.04. The second-order valence-electron chi connectivity index (χ2n) is 11.4. The quantitative estimate of drug-likeness (QED) is 0.176. The van der Waals surface area contributed by atoms with Crippen molar-refractivity contribution in [3.63, 3.8) is 0 Å². The van der Waals surface area contributed by atoms with E-state index in [0.29, 0.717) is 29.6 Å². The summed E-state index contributed by atoms with van der Waals surface area (Å²) in [5, 5.41) is 21.8. The van der Waals surface area contributed by atoms with Crippen LogP contribution in [0.3, 0.4) is 0 Å². The van der Waals surface area contributed by atoms with Crippen LogP contribution in [0.5, 0.6) is 11.6 Å². The fraction of sp³-hybridized carbons (Fsp3) is 0.333. The Morgan fingerprint density at radius 2 is 1.91 bits per heavy atom. The minimum absolute atomic E-state index is 0.0104. The number of aromatic hydroxyl groups is 1. The van der Waals surface area contributed by atoms with Crippen molar-refractivity contribution in [2.45, 2.75) is 18.9 Å². The zero-order valence-electron chi connectivity index (χ0n) is 25.8. The number of methoxy groups -OCH3 is 1. The largest absolute Gasteiger partial charge is 0.507 e. The van der Waals surface area contributed by atoms with Gasteiger partial charge in [-0.3, -0.25) is 14.4 Å². The number of hydrogen-bond acceptors (Lipinski definition) is 9. The number of H-pyrrole nitrogens is 1. The molecule has 45 heavy (non-hydrogen) atoms.